The molecule has 1 aliphatic heterocycles. The van der Waals surface area contributed by atoms with Gasteiger partial charge in [-0.15, -0.1) is 4.63 Å². The molecule has 1 saturated carbocycles. The van der Waals surface area contributed by atoms with Crippen molar-refractivity contribution in [1.82, 2.24) is 24.7 Å². The number of fused-ring (bicyclic) bond motifs is 3. The van der Waals surface area contributed by atoms with Crippen LogP contribution in [-0.2, 0) is 13.1 Å². The number of aromatic nitrogens is 4. The second-order valence-corrected chi connectivity index (χ2v) is 7.61. The summed E-state index contributed by atoms with van der Waals surface area (Å²) < 4.78 is 42.6. The zero-order chi connectivity index (χ0) is 19.4. The molecular formula is C19H19F3N6. The summed E-state index contributed by atoms with van der Waals surface area (Å²) in [6.07, 6.45) is 5.33. The molecule has 9 heteroatoms. The SMILES string of the molecule is N[C@H]1CC(N2Cc3nn4nccnc4c3C2)CCC1c1cc(F)c(F)cc1F. The van der Waals surface area contributed by atoms with E-state index in [1.807, 2.05) is 0 Å². The lowest BCUT2D eigenvalue weighted by Crippen LogP contribution is -2.44. The highest BCUT2D eigenvalue weighted by atomic mass is 19.2. The summed E-state index contributed by atoms with van der Waals surface area (Å²) in [5, 5.41) is 8.66. The smallest absolute Gasteiger partial charge is 0.180 e. The quantitative estimate of drug-likeness (QED) is 0.683. The summed E-state index contributed by atoms with van der Waals surface area (Å²) in [5.41, 5.74) is 9.33. The van der Waals surface area contributed by atoms with Crippen molar-refractivity contribution in [2.75, 3.05) is 0 Å². The van der Waals surface area contributed by atoms with Crippen molar-refractivity contribution in [3.8, 4) is 0 Å². The van der Waals surface area contributed by atoms with E-state index in [4.69, 9.17) is 5.73 Å². The summed E-state index contributed by atoms with van der Waals surface area (Å²) >= 11 is 0. The Morgan fingerprint density at radius 3 is 2.64 bits per heavy atom. The number of nitrogens with zero attached hydrogens (tertiary/aromatic N) is 5. The van der Waals surface area contributed by atoms with E-state index in [1.54, 1.807) is 17.0 Å². The molecule has 1 fully saturated rings. The molecule has 146 valence electrons. The van der Waals surface area contributed by atoms with Crippen LogP contribution in [-0.4, -0.2) is 36.8 Å². The predicted octanol–water partition coefficient (Wildman–Crippen LogP) is 2.52. The van der Waals surface area contributed by atoms with Gasteiger partial charge in [-0.05, 0) is 30.9 Å². The third-order valence-electron chi connectivity index (χ3n) is 6.00. The van der Waals surface area contributed by atoms with Crippen molar-refractivity contribution < 1.29 is 13.2 Å². The van der Waals surface area contributed by atoms with E-state index in [1.165, 1.54) is 0 Å². The van der Waals surface area contributed by atoms with Crippen molar-refractivity contribution in [2.24, 2.45) is 5.73 Å². The van der Waals surface area contributed by atoms with Gasteiger partial charge < -0.3 is 5.73 Å². The van der Waals surface area contributed by atoms with Gasteiger partial charge in [0, 0.05) is 48.9 Å². The summed E-state index contributed by atoms with van der Waals surface area (Å²) in [7, 11) is 0. The molecule has 2 aliphatic rings. The largest absolute Gasteiger partial charge is 0.327 e. The van der Waals surface area contributed by atoms with E-state index >= 15 is 0 Å². The highest BCUT2D eigenvalue weighted by molar-refractivity contribution is 5.50. The van der Waals surface area contributed by atoms with Crippen LogP contribution in [0.1, 0.15) is 42.0 Å². The molecule has 0 radical (unpaired) electrons. The van der Waals surface area contributed by atoms with Crippen LogP contribution in [0, 0.1) is 17.5 Å². The summed E-state index contributed by atoms with van der Waals surface area (Å²) in [5.74, 6) is -3.26. The molecule has 2 N–H and O–H groups in total. The summed E-state index contributed by atoms with van der Waals surface area (Å²) in [6.45, 7) is 1.42. The third-order valence-corrected chi connectivity index (χ3v) is 6.00. The van der Waals surface area contributed by atoms with E-state index in [0.717, 1.165) is 35.9 Å². The summed E-state index contributed by atoms with van der Waals surface area (Å²) in [4.78, 5) is 6.67. The van der Waals surface area contributed by atoms with Crippen molar-refractivity contribution in [3.05, 3.63) is 58.8 Å². The molecule has 3 heterocycles. The van der Waals surface area contributed by atoms with Crippen LogP contribution in [0.25, 0.3) is 5.65 Å². The number of nitrogens with two attached hydrogens (primary N) is 1. The van der Waals surface area contributed by atoms with Crippen molar-refractivity contribution in [2.45, 2.75) is 50.4 Å². The van der Waals surface area contributed by atoms with Gasteiger partial charge in [-0.25, -0.2) is 18.2 Å². The molecular weight excluding hydrogens is 369 g/mol. The topological polar surface area (TPSA) is 72.3 Å². The van der Waals surface area contributed by atoms with Crippen molar-refractivity contribution in [1.29, 1.82) is 0 Å². The maximum Gasteiger partial charge on any atom is 0.180 e. The molecule has 0 spiro atoms. The van der Waals surface area contributed by atoms with Gasteiger partial charge in [-0.2, -0.15) is 10.2 Å². The Bertz CT molecular complexity index is 1050. The molecule has 3 aromatic rings. The van der Waals surface area contributed by atoms with Crippen LogP contribution in [0.5, 0.6) is 0 Å². The van der Waals surface area contributed by atoms with Crippen LogP contribution in [0.2, 0.25) is 0 Å². The molecule has 0 bridgehead atoms. The lowest BCUT2D eigenvalue weighted by Gasteiger charge is -2.38. The Balaban J connectivity index is 1.32. The van der Waals surface area contributed by atoms with E-state index in [2.05, 4.69) is 20.1 Å². The fourth-order valence-electron chi connectivity index (χ4n) is 4.60. The normalized spacial score (nSPS) is 25.4. The monoisotopic (exact) mass is 388 g/mol. The van der Waals surface area contributed by atoms with Gasteiger partial charge in [0.05, 0.1) is 11.9 Å². The first kappa shape index (κ1) is 17.6. The van der Waals surface area contributed by atoms with Crippen LogP contribution < -0.4 is 5.73 Å². The number of hydrogen-bond acceptors (Lipinski definition) is 5. The van der Waals surface area contributed by atoms with Gasteiger partial charge in [0.15, 0.2) is 17.3 Å². The van der Waals surface area contributed by atoms with Crippen LogP contribution in [0.3, 0.4) is 0 Å². The molecule has 2 unspecified atom stereocenters. The van der Waals surface area contributed by atoms with Crippen LogP contribution >= 0.6 is 0 Å². The third kappa shape index (κ3) is 2.77. The second kappa shape index (κ2) is 6.52. The number of rotatable bonds is 2. The zero-order valence-corrected chi connectivity index (χ0v) is 15.0. The molecule has 1 aliphatic carbocycles. The van der Waals surface area contributed by atoms with Crippen LogP contribution in [0.4, 0.5) is 13.2 Å². The van der Waals surface area contributed by atoms with Gasteiger partial charge in [0.25, 0.3) is 0 Å². The molecule has 28 heavy (non-hydrogen) atoms. The molecule has 5 rings (SSSR count). The van der Waals surface area contributed by atoms with E-state index in [0.29, 0.717) is 25.5 Å². The second-order valence-electron chi connectivity index (χ2n) is 7.61. The first-order valence-electron chi connectivity index (χ1n) is 9.33. The van der Waals surface area contributed by atoms with E-state index in [9.17, 15) is 13.2 Å². The fraction of sp³-hybridized carbons (Fsp3) is 0.421. The minimum atomic E-state index is -1.17. The molecule has 0 saturated heterocycles. The Hall–Kier alpha value is -2.52. The van der Waals surface area contributed by atoms with Crippen LogP contribution in [0.15, 0.2) is 24.5 Å². The first-order valence-corrected chi connectivity index (χ1v) is 9.33. The Labute approximate surface area is 159 Å². The zero-order valence-electron chi connectivity index (χ0n) is 15.0. The number of hydrogen-bond donors (Lipinski definition) is 1. The number of halogens is 3. The molecule has 6 nitrogen and oxygen atoms in total. The molecule has 0 amide bonds. The minimum absolute atomic E-state index is 0.169. The standard InChI is InChI=1S/C19H19F3N6/c20-14-7-16(22)15(21)6-12(14)11-2-1-10(5-17(11)23)27-8-13-18(9-27)26-28-19(13)24-3-4-25-28/h3-4,6-7,10-11,17H,1-2,5,8-9,23H2/t10?,11?,17-/m0/s1. The van der Waals surface area contributed by atoms with Crippen molar-refractivity contribution in [3.63, 3.8) is 0 Å². The van der Waals surface area contributed by atoms with Gasteiger partial charge in [0.2, 0.25) is 0 Å². The maximum atomic E-state index is 14.2. The fourth-order valence-corrected chi connectivity index (χ4v) is 4.60. The highest BCUT2D eigenvalue weighted by Crippen LogP contribution is 2.38. The van der Waals surface area contributed by atoms with Gasteiger partial charge >= 0.3 is 0 Å². The van der Waals surface area contributed by atoms with Gasteiger partial charge in [0.1, 0.15) is 5.82 Å². The molecule has 3 atom stereocenters. The summed E-state index contributed by atoms with van der Waals surface area (Å²) in [6, 6.07) is 1.46. The first-order chi connectivity index (χ1) is 13.5. The van der Waals surface area contributed by atoms with E-state index < -0.39 is 17.5 Å². The lowest BCUT2D eigenvalue weighted by molar-refractivity contribution is 0.136. The maximum absolute atomic E-state index is 14.2. The number of benzene rings is 1. The highest BCUT2D eigenvalue weighted by Gasteiger charge is 2.37. The average molecular weight is 388 g/mol. The Morgan fingerprint density at radius 1 is 1.00 bits per heavy atom. The average Bonchev–Trinajstić information content (AvgIpc) is 3.23. The lowest BCUT2D eigenvalue weighted by atomic mass is 9.77. The minimum Gasteiger partial charge on any atom is -0.327 e. The Kier molecular flexibility index (Phi) is 4.09. The molecule has 1 aromatic carbocycles. The predicted molar refractivity (Wildman–Crippen MR) is 94.7 cm³/mol. The molecule has 2 aromatic heterocycles. The Morgan fingerprint density at radius 2 is 1.82 bits per heavy atom. The van der Waals surface area contributed by atoms with Crippen molar-refractivity contribution >= 4 is 5.65 Å². The van der Waals surface area contributed by atoms with Gasteiger partial charge in [-0.3, -0.25) is 4.90 Å². The van der Waals surface area contributed by atoms with E-state index in [-0.39, 0.29) is 23.6 Å². The van der Waals surface area contributed by atoms with Gasteiger partial charge in [-0.1, -0.05) is 0 Å².